The summed E-state index contributed by atoms with van der Waals surface area (Å²) in [5.41, 5.74) is 1.32. The zero-order valence-electron chi connectivity index (χ0n) is 10.3. The molecule has 1 aliphatic carbocycles. The first-order chi connectivity index (χ1) is 8.38. The molecule has 0 bridgehead atoms. The SMILES string of the molecule is C=CCOc1ccc(CNC2CCCC2)cc1. The van der Waals surface area contributed by atoms with Gasteiger partial charge in [-0.25, -0.2) is 0 Å². The summed E-state index contributed by atoms with van der Waals surface area (Å²) < 4.78 is 5.45. The average molecular weight is 231 g/mol. The molecule has 0 unspecified atom stereocenters. The van der Waals surface area contributed by atoms with Gasteiger partial charge >= 0.3 is 0 Å². The lowest BCUT2D eigenvalue weighted by molar-refractivity contribution is 0.363. The Morgan fingerprint density at radius 2 is 1.94 bits per heavy atom. The molecule has 0 saturated heterocycles. The van der Waals surface area contributed by atoms with Crippen molar-refractivity contribution >= 4 is 0 Å². The zero-order valence-corrected chi connectivity index (χ0v) is 10.3. The van der Waals surface area contributed by atoms with Gasteiger partial charge in [-0.05, 0) is 30.5 Å². The number of hydrogen-bond donors (Lipinski definition) is 1. The van der Waals surface area contributed by atoms with Gasteiger partial charge in [0.1, 0.15) is 12.4 Å². The van der Waals surface area contributed by atoms with Crippen molar-refractivity contribution in [2.24, 2.45) is 0 Å². The summed E-state index contributed by atoms with van der Waals surface area (Å²) in [5, 5.41) is 3.60. The van der Waals surface area contributed by atoms with Gasteiger partial charge in [-0.2, -0.15) is 0 Å². The fraction of sp³-hybridized carbons (Fsp3) is 0.467. The molecule has 1 N–H and O–H groups in total. The molecule has 1 aliphatic rings. The molecule has 0 aliphatic heterocycles. The minimum Gasteiger partial charge on any atom is -0.490 e. The molecule has 0 heterocycles. The topological polar surface area (TPSA) is 21.3 Å². The van der Waals surface area contributed by atoms with E-state index >= 15 is 0 Å². The summed E-state index contributed by atoms with van der Waals surface area (Å²) in [5.74, 6) is 0.912. The summed E-state index contributed by atoms with van der Waals surface area (Å²) in [7, 11) is 0. The number of hydrogen-bond acceptors (Lipinski definition) is 2. The molecular formula is C15H21NO. The molecule has 92 valence electrons. The van der Waals surface area contributed by atoms with Gasteiger partial charge in [0.2, 0.25) is 0 Å². The smallest absolute Gasteiger partial charge is 0.119 e. The second-order valence-electron chi connectivity index (χ2n) is 4.61. The predicted octanol–water partition coefficient (Wildman–Crippen LogP) is 3.28. The standard InChI is InChI=1S/C15H21NO/c1-2-11-17-15-9-7-13(8-10-15)12-16-14-5-3-4-6-14/h2,7-10,14,16H,1,3-6,11-12H2. The van der Waals surface area contributed by atoms with Crippen molar-refractivity contribution in [3.8, 4) is 5.75 Å². The van der Waals surface area contributed by atoms with Crippen molar-refractivity contribution < 1.29 is 4.74 Å². The Balaban J connectivity index is 1.78. The largest absolute Gasteiger partial charge is 0.490 e. The fourth-order valence-corrected chi connectivity index (χ4v) is 2.25. The van der Waals surface area contributed by atoms with Crippen LogP contribution in [-0.4, -0.2) is 12.6 Å². The van der Waals surface area contributed by atoms with Crippen molar-refractivity contribution in [2.45, 2.75) is 38.3 Å². The highest BCUT2D eigenvalue weighted by Crippen LogP contribution is 2.18. The van der Waals surface area contributed by atoms with E-state index in [4.69, 9.17) is 4.74 Å². The summed E-state index contributed by atoms with van der Waals surface area (Å²) in [4.78, 5) is 0. The molecule has 2 rings (SSSR count). The molecular weight excluding hydrogens is 210 g/mol. The third-order valence-electron chi connectivity index (χ3n) is 3.24. The highest BCUT2D eigenvalue weighted by Gasteiger charge is 2.13. The number of benzene rings is 1. The molecule has 2 heteroatoms. The van der Waals surface area contributed by atoms with Gasteiger partial charge in [-0.15, -0.1) is 0 Å². The third kappa shape index (κ3) is 3.90. The summed E-state index contributed by atoms with van der Waals surface area (Å²) in [6.45, 7) is 5.17. The molecule has 1 fully saturated rings. The van der Waals surface area contributed by atoms with Crippen LogP contribution >= 0.6 is 0 Å². The highest BCUT2D eigenvalue weighted by atomic mass is 16.5. The van der Waals surface area contributed by atoms with Crippen LogP contribution in [-0.2, 0) is 6.54 Å². The molecule has 0 amide bonds. The van der Waals surface area contributed by atoms with E-state index in [1.165, 1.54) is 31.2 Å². The van der Waals surface area contributed by atoms with Gasteiger partial charge in [-0.3, -0.25) is 0 Å². The minimum absolute atomic E-state index is 0.569. The monoisotopic (exact) mass is 231 g/mol. The van der Waals surface area contributed by atoms with E-state index < -0.39 is 0 Å². The summed E-state index contributed by atoms with van der Waals surface area (Å²) in [6.07, 6.45) is 7.19. The van der Waals surface area contributed by atoms with Crippen LogP contribution in [0.25, 0.3) is 0 Å². The molecule has 17 heavy (non-hydrogen) atoms. The first kappa shape index (κ1) is 12.2. The molecule has 0 atom stereocenters. The van der Waals surface area contributed by atoms with Gasteiger partial charge in [0.05, 0.1) is 0 Å². The van der Waals surface area contributed by atoms with Crippen LogP contribution in [0.4, 0.5) is 0 Å². The van der Waals surface area contributed by atoms with E-state index in [2.05, 4.69) is 24.0 Å². The maximum atomic E-state index is 5.45. The Bertz CT molecular complexity index is 338. The van der Waals surface area contributed by atoms with Crippen LogP contribution < -0.4 is 10.1 Å². The third-order valence-corrected chi connectivity index (χ3v) is 3.24. The van der Waals surface area contributed by atoms with Crippen molar-refractivity contribution in [2.75, 3.05) is 6.61 Å². The summed E-state index contributed by atoms with van der Waals surface area (Å²) in [6, 6.07) is 9.03. The van der Waals surface area contributed by atoms with Crippen LogP contribution in [0, 0.1) is 0 Å². The maximum absolute atomic E-state index is 5.45. The molecule has 0 spiro atoms. The molecule has 2 nitrogen and oxygen atoms in total. The molecule has 0 radical (unpaired) electrons. The van der Waals surface area contributed by atoms with Crippen LogP contribution in [0.5, 0.6) is 5.75 Å². The number of ether oxygens (including phenoxy) is 1. The van der Waals surface area contributed by atoms with Gasteiger partial charge < -0.3 is 10.1 Å². The highest BCUT2D eigenvalue weighted by molar-refractivity contribution is 5.27. The lowest BCUT2D eigenvalue weighted by Crippen LogP contribution is -2.25. The molecule has 1 aromatic rings. The van der Waals surface area contributed by atoms with Crippen molar-refractivity contribution in [3.63, 3.8) is 0 Å². The van der Waals surface area contributed by atoms with Crippen LogP contribution in [0.1, 0.15) is 31.2 Å². The van der Waals surface area contributed by atoms with Crippen LogP contribution in [0.15, 0.2) is 36.9 Å². The van der Waals surface area contributed by atoms with E-state index in [1.807, 2.05) is 12.1 Å². The molecule has 0 aromatic heterocycles. The first-order valence-corrected chi connectivity index (χ1v) is 6.44. The van der Waals surface area contributed by atoms with Crippen LogP contribution in [0.2, 0.25) is 0 Å². The van der Waals surface area contributed by atoms with E-state index in [0.717, 1.165) is 18.3 Å². The molecule has 1 saturated carbocycles. The Labute approximate surface area is 104 Å². The average Bonchev–Trinajstić information content (AvgIpc) is 2.88. The van der Waals surface area contributed by atoms with Crippen LogP contribution in [0.3, 0.4) is 0 Å². The van der Waals surface area contributed by atoms with E-state index in [0.29, 0.717) is 6.61 Å². The summed E-state index contributed by atoms with van der Waals surface area (Å²) >= 11 is 0. The Hall–Kier alpha value is -1.28. The van der Waals surface area contributed by atoms with Gasteiger partial charge in [-0.1, -0.05) is 37.6 Å². The fourth-order valence-electron chi connectivity index (χ4n) is 2.25. The second kappa shape index (κ2) is 6.45. The minimum atomic E-state index is 0.569. The van der Waals surface area contributed by atoms with E-state index in [9.17, 15) is 0 Å². The Morgan fingerprint density at radius 1 is 1.24 bits per heavy atom. The molecule has 1 aromatic carbocycles. The Morgan fingerprint density at radius 3 is 2.59 bits per heavy atom. The number of rotatable bonds is 6. The van der Waals surface area contributed by atoms with Crippen molar-refractivity contribution in [1.82, 2.24) is 5.32 Å². The lowest BCUT2D eigenvalue weighted by atomic mass is 10.2. The van der Waals surface area contributed by atoms with E-state index in [1.54, 1.807) is 6.08 Å². The van der Waals surface area contributed by atoms with E-state index in [-0.39, 0.29) is 0 Å². The second-order valence-corrected chi connectivity index (χ2v) is 4.61. The maximum Gasteiger partial charge on any atom is 0.119 e. The first-order valence-electron chi connectivity index (χ1n) is 6.44. The normalized spacial score (nSPS) is 16.0. The zero-order chi connectivity index (χ0) is 11.9. The quantitative estimate of drug-likeness (QED) is 0.759. The van der Waals surface area contributed by atoms with Gasteiger partial charge in [0.15, 0.2) is 0 Å². The van der Waals surface area contributed by atoms with Crippen molar-refractivity contribution in [1.29, 1.82) is 0 Å². The van der Waals surface area contributed by atoms with Crippen molar-refractivity contribution in [3.05, 3.63) is 42.5 Å². The lowest BCUT2D eigenvalue weighted by Gasteiger charge is -2.12. The number of nitrogens with one attached hydrogen (secondary N) is 1. The van der Waals surface area contributed by atoms with Gasteiger partial charge in [0, 0.05) is 12.6 Å². The predicted molar refractivity (Wildman–Crippen MR) is 71.2 cm³/mol. The van der Waals surface area contributed by atoms with Gasteiger partial charge in [0.25, 0.3) is 0 Å². The Kier molecular flexibility index (Phi) is 4.63.